The largest absolute Gasteiger partial charge is 0.508 e. The number of likely N-dealkylation sites (tertiary alicyclic amines) is 1. The highest BCUT2D eigenvalue weighted by Gasteiger charge is 2.76. The van der Waals surface area contributed by atoms with Crippen LogP contribution in [0.25, 0.3) is 0 Å². The summed E-state index contributed by atoms with van der Waals surface area (Å²) in [6.45, 7) is 0. The van der Waals surface area contributed by atoms with Crippen LogP contribution in [0.1, 0.15) is 28.8 Å². The summed E-state index contributed by atoms with van der Waals surface area (Å²) in [5.41, 5.74) is 1.67. The van der Waals surface area contributed by atoms with E-state index in [1.807, 2.05) is 6.08 Å². The lowest BCUT2D eigenvalue weighted by Gasteiger charge is -2.51. The minimum atomic E-state index is -1.97. The average molecular weight is 702 g/mol. The van der Waals surface area contributed by atoms with E-state index >= 15 is 0 Å². The van der Waals surface area contributed by atoms with Crippen LogP contribution in [0.2, 0.25) is 0 Å². The number of benzene rings is 2. The van der Waals surface area contributed by atoms with Crippen molar-refractivity contribution < 1.29 is 38.9 Å². The molecule has 13 heteroatoms. The number of imide groups is 2. The van der Waals surface area contributed by atoms with Gasteiger partial charge in [-0.15, -0.1) is 23.2 Å². The number of fused-ring (bicyclic) bond motifs is 5. The third-order valence-corrected chi connectivity index (χ3v) is 11.4. The van der Waals surface area contributed by atoms with E-state index < -0.39 is 63.0 Å². The van der Waals surface area contributed by atoms with E-state index in [1.165, 1.54) is 42.7 Å². The number of aromatic hydroxyl groups is 1. The smallest absolute Gasteiger partial charge is 0.335 e. The van der Waals surface area contributed by atoms with Gasteiger partial charge in [0.25, 0.3) is 11.8 Å². The molecule has 0 bridgehead atoms. The van der Waals surface area contributed by atoms with Crippen molar-refractivity contribution in [1.29, 1.82) is 0 Å². The van der Waals surface area contributed by atoms with Crippen molar-refractivity contribution in [3.8, 4) is 11.5 Å². The molecule has 2 aromatic rings. The normalized spacial score (nSPS) is 32.3. The maximum atomic E-state index is 14.1. The molecule has 5 aliphatic rings. The molecule has 6 atom stereocenters. The Hall–Kier alpha value is -3.67. The van der Waals surface area contributed by atoms with Crippen LogP contribution in [0.4, 0.5) is 5.69 Å². The van der Waals surface area contributed by atoms with Crippen molar-refractivity contribution >= 4 is 74.4 Å². The number of amides is 4. The second kappa shape index (κ2) is 9.92. The number of carboxylic acid groups (broad SMARTS) is 1. The molecule has 0 aromatic heterocycles. The second-order valence-electron chi connectivity index (χ2n) is 11.6. The average Bonchev–Trinajstić information content (AvgIpc) is 3.34. The molecule has 0 spiro atoms. The Morgan fingerprint density at radius 3 is 2.55 bits per heavy atom. The standard InChI is InChI=1S/C31H23BrCl2N2O8/c32-13-35-28(42)30(33)11-21-19(24(31(30,34)29(35)43)16-8-15-10-18(37)4-7-22(15)44-12-16)5-6-20-23(21)26(39)36(25(20)38)17-3-1-2-14(9-17)27(40)41/h1-5,7,9-10,12,20-21,23-24,37H,6,8,11,13H2,(H,40,41). The second-order valence-corrected chi connectivity index (χ2v) is 13.4. The zero-order valence-electron chi connectivity index (χ0n) is 22.7. The minimum Gasteiger partial charge on any atom is -0.508 e. The third kappa shape index (κ3) is 3.75. The molecule has 0 radical (unpaired) electrons. The lowest BCUT2D eigenvalue weighted by atomic mass is 9.56. The van der Waals surface area contributed by atoms with Gasteiger partial charge in [0.1, 0.15) is 11.5 Å². The molecular weight excluding hydrogens is 679 g/mol. The summed E-state index contributed by atoms with van der Waals surface area (Å²) in [6.07, 6.45) is 3.48. The van der Waals surface area contributed by atoms with E-state index in [4.69, 9.17) is 27.9 Å². The Labute approximate surface area is 269 Å². The maximum Gasteiger partial charge on any atom is 0.335 e. The van der Waals surface area contributed by atoms with Crippen molar-refractivity contribution in [2.75, 3.05) is 10.4 Å². The van der Waals surface area contributed by atoms with Crippen LogP contribution in [0.3, 0.4) is 0 Å². The molecule has 2 N–H and O–H groups in total. The molecule has 226 valence electrons. The number of nitrogens with zero attached hydrogens (tertiary/aromatic N) is 2. The number of phenolic OH excluding ortho intramolecular Hbond substituents is 1. The first-order chi connectivity index (χ1) is 20.9. The molecule has 10 nitrogen and oxygen atoms in total. The topological polar surface area (TPSA) is 142 Å². The van der Waals surface area contributed by atoms with Gasteiger partial charge in [0.15, 0.2) is 9.75 Å². The van der Waals surface area contributed by atoms with Gasteiger partial charge in [-0.1, -0.05) is 33.6 Å². The van der Waals surface area contributed by atoms with Crippen LogP contribution in [0, 0.1) is 23.7 Å². The molecule has 3 fully saturated rings. The van der Waals surface area contributed by atoms with E-state index in [9.17, 15) is 34.2 Å². The minimum absolute atomic E-state index is 0.0156. The summed E-state index contributed by atoms with van der Waals surface area (Å²) in [4.78, 5) is 65.3. The molecule has 6 unspecified atom stereocenters. The van der Waals surface area contributed by atoms with Gasteiger partial charge in [-0.2, -0.15) is 0 Å². The van der Waals surface area contributed by atoms with Gasteiger partial charge >= 0.3 is 5.97 Å². The fourth-order valence-electron chi connectivity index (χ4n) is 7.60. The van der Waals surface area contributed by atoms with Crippen molar-refractivity contribution in [2.45, 2.75) is 29.0 Å². The van der Waals surface area contributed by atoms with Gasteiger partial charge in [0.05, 0.1) is 34.8 Å². The zero-order chi connectivity index (χ0) is 31.3. The van der Waals surface area contributed by atoms with Crippen LogP contribution in [0.5, 0.6) is 11.5 Å². The summed E-state index contributed by atoms with van der Waals surface area (Å²) >= 11 is 17.7. The maximum absolute atomic E-state index is 14.1. The molecule has 2 aliphatic carbocycles. The van der Waals surface area contributed by atoms with E-state index in [1.54, 1.807) is 6.07 Å². The lowest BCUT2D eigenvalue weighted by molar-refractivity contribution is -0.138. The number of hydrogen-bond acceptors (Lipinski definition) is 7. The van der Waals surface area contributed by atoms with Crippen molar-refractivity contribution in [1.82, 2.24) is 4.90 Å². The van der Waals surface area contributed by atoms with Crippen LogP contribution in [-0.4, -0.2) is 59.9 Å². The first-order valence-corrected chi connectivity index (χ1v) is 15.7. The highest BCUT2D eigenvalue weighted by molar-refractivity contribution is 9.09. The van der Waals surface area contributed by atoms with Crippen molar-refractivity contribution in [3.63, 3.8) is 0 Å². The Kier molecular flexibility index (Phi) is 6.55. The van der Waals surface area contributed by atoms with Gasteiger partial charge < -0.3 is 14.9 Å². The molecule has 4 amide bonds. The summed E-state index contributed by atoms with van der Waals surface area (Å²) in [7, 11) is 0. The number of aromatic carboxylic acids is 1. The number of phenols is 1. The van der Waals surface area contributed by atoms with Crippen LogP contribution in [0.15, 0.2) is 65.9 Å². The number of halogens is 3. The Balaban J connectivity index is 1.35. The number of carbonyl (C=O) groups excluding carboxylic acids is 4. The van der Waals surface area contributed by atoms with Gasteiger partial charge in [-0.05, 0) is 60.7 Å². The fraction of sp³-hybridized carbons (Fsp3) is 0.323. The molecule has 7 rings (SSSR count). The summed E-state index contributed by atoms with van der Waals surface area (Å²) < 4.78 is 5.90. The number of alkyl halides is 3. The zero-order valence-corrected chi connectivity index (χ0v) is 25.8. The monoisotopic (exact) mass is 700 g/mol. The quantitative estimate of drug-likeness (QED) is 0.207. The van der Waals surface area contributed by atoms with E-state index in [-0.39, 0.29) is 41.7 Å². The van der Waals surface area contributed by atoms with Crippen LogP contribution >= 0.6 is 39.1 Å². The third-order valence-electron chi connectivity index (χ3n) is 9.51. The first-order valence-electron chi connectivity index (χ1n) is 13.8. The van der Waals surface area contributed by atoms with Crippen molar-refractivity contribution in [3.05, 3.63) is 77.1 Å². The molecule has 44 heavy (non-hydrogen) atoms. The highest BCUT2D eigenvalue weighted by atomic mass is 79.9. The molecule has 2 aromatic carbocycles. The summed E-state index contributed by atoms with van der Waals surface area (Å²) in [5, 5.41) is 19.6. The number of ether oxygens (including phenoxy) is 1. The van der Waals surface area contributed by atoms with Gasteiger partial charge in [0.2, 0.25) is 11.8 Å². The van der Waals surface area contributed by atoms with Gasteiger partial charge in [0, 0.05) is 17.9 Å². The molecule has 2 saturated heterocycles. The molecule has 3 aliphatic heterocycles. The number of hydrogen-bond donors (Lipinski definition) is 2. The summed E-state index contributed by atoms with van der Waals surface area (Å²) in [6, 6.07) is 10.2. The van der Waals surface area contributed by atoms with Crippen LogP contribution in [-0.2, 0) is 25.6 Å². The molecular formula is C31H23BrCl2N2O8. The Bertz CT molecular complexity index is 1780. The number of carboxylic acids is 1. The predicted molar refractivity (Wildman–Crippen MR) is 161 cm³/mol. The highest BCUT2D eigenvalue weighted by Crippen LogP contribution is 2.65. The molecule has 1 saturated carbocycles. The Morgan fingerprint density at radius 2 is 1.82 bits per heavy atom. The van der Waals surface area contributed by atoms with Crippen LogP contribution < -0.4 is 9.64 Å². The van der Waals surface area contributed by atoms with Gasteiger partial charge in [-0.3, -0.25) is 29.0 Å². The van der Waals surface area contributed by atoms with E-state index in [2.05, 4.69) is 15.9 Å². The Morgan fingerprint density at radius 1 is 1.05 bits per heavy atom. The number of carbonyl (C=O) groups is 5. The summed E-state index contributed by atoms with van der Waals surface area (Å²) in [5.74, 6) is -6.56. The van der Waals surface area contributed by atoms with Gasteiger partial charge in [-0.25, -0.2) is 4.79 Å². The SMILES string of the molecule is O=C(O)c1cccc(N2C(=O)C3CC=C4C(CC5(Cl)C(=O)N(CBr)C(=O)C5(Cl)C4C4=COc5ccc(O)cc5C4)C3C2=O)c1. The molecule has 3 heterocycles. The number of anilines is 1. The number of rotatable bonds is 4. The fourth-order valence-corrected chi connectivity index (χ4v) is 9.04. The van der Waals surface area contributed by atoms with Crippen molar-refractivity contribution in [2.24, 2.45) is 23.7 Å². The first kappa shape index (κ1) is 29.1. The van der Waals surface area contributed by atoms with E-state index in [0.717, 1.165) is 9.80 Å². The van der Waals surface area contributed by atoms with E-state index in [0.29, 0.717) is 22.5 Å². The number of allylic oxidation sites excluding steroid dienone is 3. The predicted octanol–water partition coefficient (Wildman–Crippen LogP) is 4.36. The lowest BCUT2D eigenvalue weighted by Crippen LogP contribution is -2.61.